The zero-order valence-corrected chi connectivity index (χ0v) is 8.38. The molecule has 2 N–H and O–H groups in total. The van der Waals surface area contributed by atoms with Crippen molar-refractivity contribution in [3.63, 3.8) is 0 Å². The van der Waals surface area contributed by atoms with Gasteiger partial charge in [0, 0.05) is 12.6 Å². The fourth-order valence-corrected chi connectivity index (χ4v) is 2.41. The lowest BCUT2D eigenvalue weighted by Crippen LogP contribution is -2.01. The van der Waals surface area contributed by atoms with Crippen molar-refractivity contribution in [3.8, 4) is 0 Å². The molecule has 1 aromatic heterocycles. The van der Waals surface area contributed by atoms with E-state index in [1.165, 1.54) is 31.2 Å². The summed E-state index contributed by atoms with van der Waals surface area (Å²) in [6, 6.07) is 0. The van der Waals surface area contributed by atoms with Gasteiger partial charge in [0.15, 0.2) is 0 Å². The van der Waals surface area contributed by atoms with E-state index < -0.39 is 0 Å². The quantitative estimate of drug-likeness (QED) is 0.716. The third-order valence-electron chi connectivity index (χ3n) is 3.08. The predicted molar refractivity (Wildman–Crippen MR) is 53.6 cm³/mol. The van der Waals surface area contributed by atoms with Gasteiger partial charge in [-0.2, -0.15) is 5.10 Å². The van der Waals surface area contributed by atoms with Crippen LogP contribution < -0.4 is 5.73 Å². The minimum Gasteiger partial charge on any atom is -0.384 e. The normalized spacial score (nSPS) is 18.3. The van der Waals surface area contributed by atoms with Gasteiger partial charge in [-0.05, 0) is 25.7 Å². The van der Waals surface area contributed by atoms with E-state index in [0.717, 1.165) is 11.5 Å². The van der Waals surface area contributed by atoms with Gasteiger partial charge in [0.2, 0.25) is 0 Å². The first-order valence-corrected chi connectivity index (χ1v) is 4.99. The van der Waals surface area contributed by atoms with Crippen molar-refractivity contribution in [1.82, 2.24) is 9.78 Å². The molecule has 0 bridgehead atoms. The summed E-state index contributed by atoms with van der Waals surface area (Å²) < 4.78 is 1.79. The maximum Gasteiger partial charge on any atom is 0.125 e. The number of nitrogen functional groups attached to an aromatic ring is 1. The van der Waals surface area contributed by atoms with Crippen LogP contribution in [0.4, 0.5) is 5.82 Å². The van der Waals surface area contributed by atoms with Crippen molar-refractivity contribution in [2.75, 3.05) is 5.73 Å². The Morgan fingerprint density at radius 1 is 1.38 bits per heavy atom. The maximum absolute atomic E-state index is 5.98. The van der Waals surface area contributed by atoms with Crippen LogP contribution in [0.3, 0.4) is 0 Å². The van der Waals surface area contributed by atoms with Gasteiger partial charge in [-0.3, -0.25) is 4.68 Å². The standard InChI is InChI=1S/C10H17N3/c1-7-9(8-5-3-4-6-8)10(11)13(2)12-7/h8H,3-6,11H2,1-2H3. The first kappa shape index (κ1) is 8.60. The summed E-state index contributed by atoms with van der Waals surface area (Å²) in [7, 11) is 1.92. The van der Waals surface area contributed by atoms with Gasteiger partial charge in [0.25, 0.3) is 0 Å². The molecule has 1 aliphatic carbocycles. The molecule has 0 amide bonds. The molecule has 0 saturated heterocycles. The van der Waals surface area contributed by atoms with E-state index in [9.17, 15) is 0 Å². The highest BCUT2D eigenvalue weighted by molar-refractivity contribution is 5.45. The minimum absolute atomic E-state index is 0.675. The number of nitrogens with zero attached hydrogens (tertiary/aromatic N) is 2. The predicted octanol–water partition coefficient (Wildman–Crippen LogP) is 1.97. The fraction of sp³-hybridized carbons (Fsp3) is 0.700. The zero-order chi connectivity index (χ0) is 9.42. The summed E-state index contributed by atoms with van der Waals surface area (Å²) in [5.41, 5.74) is 8.41. The molecule has 3 heteroatoms. The summed E-state index contributed by atoms with van der Waals surface area (Å²) in [4.78, 5) is 0. The molecule has 0 spiro atoms. The Hall–Kier alpha value is -0.990. The highest BCUT2D eigenvalue weighted by atomic mass is 15.3. The molecule has 1 aliphatic rings. The third-order valence-corrected chi connectivity index (χ3v) is 3.08. The molecule has 0 radical (unpaired) electrons. The van der Waals surface area contributed by atoms with Crippen LogP contribution >= 0.6 is 0 Å². The molecule has 1 fully saturated rings. The molecule has 1 heterocycles. The number of hydrogen-bond acceptors (Lipinski definition) is 2. The lowest BCUT2D eigenvalue weighted by atomic mass is 9.98. The van der Waals surface area contributed by atoms with E-state index in [-0.39, 0.29) is 0 Å². The molecular weight excluding hydrogens is 162 g/mol. The van der Waals surface area contributed by atoms with Gasteiger partial charge in [-0.1, -0.05) is 12.8 Å². The zero-order valence-electron chi connectivity index (χ0n) is 8.38. The Morgan fingerprint density at radius 3 is 2.46 bits per heavy atom. The number of nitrogens with two attached hydrogens (primary N) is 1. The van der Waals surface area contributed by atoms with Crippen LogP contribution in [-0.2, 0) is 7.05 Å². The first-order chi connectivity index (χ1) is 6.20. The fourth-order valence-electron chi connectivity index (χ4n) is 2.41. The molecule has 2 rings (SSSR count). The number of aryl methyl sites for hydroxylation is 2. The van der Waals surface area contributed by atoms with Crippen molar-refractivity contribution < 1.29 is 0 Å². The molecule has 0 atom stereocenters. The van der Waals surface area contributed by atoms with E-state index >= 15 is 0 Å². The molecular formula is C10H17N3. The van der Waals surface area contributed by atoms with Gasteiger partial charge >= 0.3 is 0 Å². The van der Waals surface area contributed by atoms with Crippen LogP contribution in [0.2, 0.25) is 0 Å². The van der Waals surface area contributed by atoms with E-state index in [4.69, 9.17) is 5.73 Å². The second-order valence-corrected chi connectivity index (χ2v) is 3.99. The molecule has 13 heavy (non-hydrogen) atoms. The van der Waals surface area contributed by atoms with E-state index in [1.54, 1.807) is 4.68 Å². The van der Waals surface area contributed by atoms with Gasteiger partial charge in [-0.25, -0.2) is 0 Å². The van der Waals surface area contributed by atoms with Crippen LogP contribution in [0.1, 0.15) is 42.9 Å². The summed E-state index contributed by atoms with van der Waals surface area (Å²) in [5, 5.41) is 4.35. The Bertz CT molecular complexity index is 308. The lowest BCUT2D eigenvalue weighted by Gasteiger charge is -2.08. The van der Waals surface area contributed by atoms with E-state index in [1.807, 2.05) is 7.05 Å². The maximum atomic E-state index is 5.98. The summed E-state index contributed by atoms with van der Waals surface area (Å²) in [6.07, 6.45) is 5.27. The summed E-state index contributed by atoms with van der Waals surface area (Å²) in [5.74, 6) is 1.54. The lowest BCUT2D eigenvalue weighted by molar-refractivity contribution is 0.720. The molecule has 1 saturated carbocycles. The number of aromatic nitrogens is 2. The summed E-state index contributed by atoms with van der Waals surface area (Å²) in [6.45, 7) is 2.06. The molecule has 0 unspecified atom stereocenters. The van der Waals surface area contributed by atoms with Gasteiger partial charge in [0.1, 0.15) is 5.82 Å². The number of anilines is 1. The number of rotatable bonds is 1. The average molecular weight is 179 g/mol. The van der Waals surface area contributed by atoms with Crippen LogP contribution in [0.25, 0.3) is 0 Å². The largest absolute Gasteiger partial charge is 0.384 e. The van der Waals surface area contributed by atoms with Crippen molar-refractivity contribution in [3.05, 3.63) is 11.3 Å². The average Bonchev–Trinajstić information content (AvgIpc) is 2.63. The van der Waals surface area contributed by atoms with E-state index in [0.29, 0.717) is 5.92 Å². The van der Waals surface area contributed by atoms with Crippen molar-refractivity contribution in [2.45, 2.75) is 38.5 Å². The topological polar surface area (TPSA) is 43.8 Å². The van der Waals surface area contributed by atoms with Crippen molar-refractivity contribution in [2.24, 2.45) is 7.05 Å². The third kappa shape index (κ3) is 1.32. The first-order valence-electron chi connectivity index (χ1n) is 4.99. The Kier molecular flexibility index (Phi) is 2.02. The summed E-state index contributed by atoms with van der Waals surface area (Å²) >= 11 is 0. The van der Waals surface area contributed by atoms with Crippen LogP contribution in [0.5, 0.6) is 0 Å². The monoisotopic (exact) mass is 179 g/mol. The molecule has 0 aromatic carbocycles. The minimum atomic E-state index is 0.675. The smallest absolute Gasteiger partial charge is 0.125 e. The van der Waals surface area contributed by atoms with Gasteiger partial charge < -0.3 is 5.73 Å². The van der Waals surface area contributed by atoms with Crippen molar-refractivity contribution >= 4 is 5.82 Å². The molecule has 3 nitrogen and oxygen atoms in total. The second kappa shape index (κ2) is 3.05. The molecule has 0 aliphatic heterocycles. The highest BCUT2D eigenvalue weighted by Gasteiger charge is 2.23. The van der Waals surface area contributed by atoms with Crippen LogP contribution in [-0.4, -0.2) is 9.78 Å². The van der Waals surface area contributed by atoms with Crippen LogP contribution in [0, 0.1) is 6.92 Å². The van der Waals surface area contributed by atoms with Crippen molar-refractivity contribution in [1.29, 1.82) is 0 Å². The molecule has 72 valence electrons. The Labute approximate surface area is 78.9 Å². The Balaban J connectivity index is 2.37. The van der Waals surface area contributed by atoms with E-state index in [2.05, 4.69) is 12.0 Å². The molecule has 1 aromatic rings. The SMILES string of the molecule is Cc1nn(C)c(N)c1C1CCCC1. The van der Waals surface area contributed by atoms with Crippen LogP contribution in [0.15, 0.2) is 0 Å². The second-order valence-electron chi connectivity index (χ2n) is 3.99. The highest BCUT2D eigenvalue weighted by Crippen LogP contribution is 2.38. The van der Waals surface area contributed by atoms with Gasteiger partial charge in [0.05, 0.1) is 5.69 Å². The Morgan fingerprint density at radius 2 is 2.00 bits per heavy atom. The van der Waals surface area contributed by atoms with Gasteiger partial charge in [-0.15, -0.1) is 0 Å². The number of hydrogen-bond donors (Lipinski definition) is 1.